The van der Waals surface area contributed by atoms with E-state index in [2.05, 4.69) is 24.8 Å². The van der Waals surface area contributed by atoms with E-state index in [1.54, 1.807) is 0 Å². The van der Waals surface area contributed by atoms with Gasteiger partial charge in [0.25, 0.3) is 0 Å². The van der Waals surface area contributed by atoms with E-state index in [1.807, 2.05) is 12.1 Å². The third-order valence-electron chi connectivity index (χ3n) is 3.22. The van der Waals surface area contributed by atoms with E-state index < -0.39 is 0 Å². The highest BCUT2D eigenvalue weighted by atomic mass is 35.5. The smallest absolute Gasteiger partial charge is 0.0726 e. The zero-order chi connectivity index (χ0) is 13.1. The van der Waals surface area contributed by atoms with Crippen molar-refractivity contribution in [3.05, 3.63) is 28.8 Å². The van der Waals surface area contributed by atoms with Crippen LogP contribution in [0, 0.1) is 0 Å². The van der Waals surface area contributed by atoms with Gasteiger partial charge in [-0.3, -0.25) is 0 Å². The van der Waals surface area contributed by atoms with Crippen LogP contribution in [-0.2, 0) is 11.2 Å². The highest BCUT2D eigenvalue weighted by Gasteiger charge is 2.23. The second-order valence-electron chi connectivity index (χ2n) is 4.97. The quantitative estimate of drug-likeness (QED) is 0.915. The third kappa shape index (κ3) is 3.16. The summed E-state index contributed by atoms with van der Waals surface area (Å²) in [6.45, 7) is 6.71. The van der Waals surface area contributed by atoms with Crippen LogP contribution in [0.2, 0.25) is 5.02 Å². The molecule has 3 nitrogen and oxygen atoms in total. The molecule has 2 N–H and O–H groups in total. The van der Waals surface area contributed by atoms with Gasteiger partial charge in [-0.1, -0.05) is 11.6 Å². The molecule has 18 heavy (non-hydrogen) atoms. The van der Waals surface area contributed by atoms with Crippen LogP contribution in [0.1, 0.15) is 19.4 Å². The van der Waals surface area contributed by atoms with Crippen molar-refractivity contribution in [2.45, 2.75) is 32.5 Å². The zero-order valence-corrected chi connectivity index (χ0v) is 11.8. The summed E-state index contributed by atoms with van der Waals surface area (Å²) in [5.74, 6) is 0. The Labute approximate surface area is 114 Å². The van der Waals surface area contributed by atoms with E-state index in [4.69, 9.17) is 22.1 Å². The molecule has 1 aliphatic rings. The fourth-order valence-electron chi connectivity index (χ4n) is 2.59. The first-order valence-electron chi connectivity index (χ1n) is 6.49. The molecule has 100 valence electrons. The summed E-state index contributed by atoms with van der Waals surface area (Å²) in [6.07, 6.45) is 1.38. The maximum Gasteiger partial charge on any atom is 0.0726 e. The van der Waals surface area contributed by atoms with Gasteiger partial charge >= 0.3 is 0 Å². The molecule has 0 amide bonds. The van der Waals surface area contributed by atoms with Crippen LogP contribution in [0.5, 0.6) is 0 Å². The molecule has 1 aromatic carbocycles. The van der Waals surface area contributed by atoms with Gasteiger partial charge in [-0.25, -0.2) is 0 Å². The standard InChI is InChI=1S/C14H21ClN2O/c1-10-8-17(9-11(2)18-10)14-4-3-13(15)7-12(14)5-6-16/h3-4,7,10-11H,5-6,8-9,16H2,1-2H3. The number of nitrogens with two attached hydrogens (primary N) is 1. The SMILES string of the molecule is CC1CN(c2ccc(Cl)cc2CCN)CC(C)O1. The Balaban J connectivity index is 2.25. The molecular formula is C14H21ClN2O. The van der Waals surface area contributed by atoms with Gasteiger partial charge < -0.3 is 15.4 Å². The van der Waals surface area contributed by atoms with Crippen LogP contribution >= 0.6 is 11.6 Å². The van der Waals surface area contributed by atoms with Gasteiger partial charge in [-0.2, -0.15) is 0 Å². The average Bonchev–Trinajstić information content (AvgIpc) is 2.28. The lowest BCUT2D eigenvalue weighted by Gasteiger charge is -2.37. The Morgan fingerprint density at radius 2 is 2.00 bits per heavy atom. The van der Waals surface area contributed by atoms with Crippen LogP contribution in [0.4, 0.5) is 5.69 Å². The first kappa shape index (κ1) is 13.7. The molecule has 0 aromatic heterocycles. The fraction of sp³-hybridized carbons (Fsp3) is 0.571. The van der Waals surface area contributed by atoms with Crippen molar-refractivity contribution < 1.29 is 4.74 Å². The summed E-state index contributed by atoms with van der Waals surface area (Å²) in [4.78, 5) is 2.38. The molecule has 1 saturated heterocycles. The number of hydrogen-bond donors (Lipinski definition) is 1. The van der Waals surface area contributed by atoms with Gasteiger partial charge in [0, 0.05) is 23.8 Å². The lowest BCUT2D eigenvalue weighted by molar-refractivity contribution is -0.00525. The average molecular weight is 269 g/mol. The predicted molar refractivity (Wildman–Crippen MR) is 76.4 cm³/mol. The molecule has 1 heterocycles. The van der Waals surface area contributed by atoms with Crippen LogP contribution in [0.15, 0.2) is 18.2 Å². The lowest BCUT2D eigenvalue weighted by Crippen LogP contribution is -2.45. The number of benzene rings is 1. The van der Waals surface area contributed by atoms with Gasteiger partial charge in [0.05, 0.1) is 12.2 Å². The number of ether oxygens (including phenoxy) is 1. The predicted octanol–water partition coefficient (Wildman–Crippen LogP) is 2.45. The van der Waals surface area contributed by atoms with E-state index in [-0.39, 0.29) is 12.2 Å². The van der Waals surface area contributed by atoms with Crippen molar-refractivity contribution in [2.75, 3.05) is 24.5 Å². The molecule has 1 fully saturated rings. The molecular weight excluding hydrogens is 248 g/mol. The van der Waals surface area contributed by atoms with E-state index in [0.29, 0.717) is 6.54 Å². The summed E-state index contributed by atoms with van der Waals surface area (Å²) in [6, 6.07) is 6.06. The van der Waals surface area contributed by atoms with E-state index in [0.717, 1.165) is 24.5 Å². The minimum Gasteiger partial charge on any atom is -0.372 e. The zero-order valence-electron chi connectivity index (χ0n) is 11.0. The molecule has 4 heteroatoms. The van der Waals surface area contributed by atoms with Crippen molar-refractivity contribution in [3.63, 3.8) is 0 Å². The molecule has 0 radical (unpaired) electrons. The maximum atomic E-state index is 6.06. The Morgan fingerprint density at radius 3 is 2.61 bits per heavy atom. The van der Waals surface area contributed by atoms with Crippen molar-refractivity contribution in [1.29, 1.82) is 0 Å². The number of anilines is 1. The summed E-state index contributed by atoms with van der Waals surface area (Å²) >= 11 is 6.06. The van der Waals surface area contributed by atoms with Crippen LogP contribution in [0.3, 0.4) is 0 Å². The topological polar surface area (TPSA) is 38.5 Å². The lowest BCUT2D eigenvalue weighted by atomic mass is 10.1. The highest BCUT2D eigenvalue weighted by Crippen LogP contribution is 2.27. The van der Waals surface area contributed by atoms with Crippen LogP contribution in [-0.4, -0.2) is 31.8 Å². The minimum atomic E-state index is 0.259. The molecule has 2 unspecified atom stereocenters. The molecule has 1 aromatic rings. The van der Waals surface area contributed by atoms with Crippen LogP contribution < -0.4 is 10.6 Å². The second kappa shape index (κ2) is 5.91. The minimum absolute atomic E-state index is 0.259. The van der Waals surface area contributed by atoms with E-state index in [9.17, 15) is 0 Å². The number of rotatable bonds is 3. The maximum absolute atomic E-state index is 6.06. The normalized spacial score (nSPS) is 24.3. The summed E-state index contributed by atoms with van der Waals surface area (Å²) in [5.41, 5.74) is 8.15. The molecule has 0 bridgehead atoms. The largest absolute Gasteiger partial charge is 0.372 e. The number of nitrogens with zero attached hydrogens (tertiary/aromatic N) is 1. The summed E-state index contributed by atoms with van der Waals surface area (Å²) < 4.78 is 5.77. The number of morpholine rings is 1. The Kier molecular flexibility index (Phi) is 4.49. The molecule has 2 atom stereocenters. The van der Waals surface area contributed by atoms with Gasteiger partial charge in [0.2, 0.25) is 0 Å². The second-order valence-corrected chi connectivity index (χ2v) is 5.41. The monoisotopic (exact) mass is 268 g/mol. The molecule has 2 rings (SSSR count). The third-order valence-corrected chi connectivity index (χ3v) is 3.45. The van der Waals surface area contributed by atoms with Crippen molar-refractivity contribution >= 4 is 17.3 Å². The first-order chi connectivity index (χ1) is 8.60. The Bertz CT molecular complexity index is 401. The van der Waals surface area contributed by atoms with Gasteiger partial charge in [0.1, 0.15) is 0 Å². The highest BCUT2D eigenvalue weighted by molar-refractivity contribution is 6.30. The van der Waals surface area contributed by atoms with E-state index >= 15 is 0 Å². The first-order valence-corrected chi connectivity index (χ1v) is 6.87. The number of hydrogen-bond acceptors (Lipinski definition) is 3. The van der Waals surface area contributed by atoms with Crippen molar-refractivity contribution in [3.8, 4) is 0 Å². The van der Waals surface area contributed by atoms with E-state index in [1.165, 1.54) is 11.3 Å². The molecule has 0 spiro atoms. The molecule has 0 aliphatic carbocycles. The molecule has 1 aliphatic heterocycles. The molecule has 0 saturated carbocycles. The Morgan fingerprint density at radius 1 is 1.33 bits per heavy atom. The van der Waals surface area contributed by atoms with Crippen molar-refractivity contribution in [2.24, 2.45) is 5.73 Å². The summed E-state index contributed by atoms with van der Waals surface area (Å²) in [7, 11) is 0. The fourth-order valence-corrected chi connectivity index (χ4v) is 2.79. The summed E-state index contributed by atoms with van der Waals surface area (Å²) in [5, 5.41) is 0.775. The van der Waals surface area contributed by atoms with Gasteiger partial charge in [-0.05, 0) is 50.6 Å². The number of halogens is 1. The van der Waals surface area contributed by atoms with Gasteiger partial charge in [-0.15, -0.1) is 0 Å². The Hall–Kier alpha value is -0.770. The van der Waals surface area contributed by atoms with Crippen molar-refractivity contribution in [1.82, 2.24) is 0 Å². The van der Waals surface area contributed by atoms with Gasteiger partial charge in [0.15, 0.2) is 0 Å². The van der Waals surface area contributed by atoms with Crippen LogP contribution in [0.25, 0.3) is 0 Å².